The second-order valence-electron chi connectivity index (χ2n) is 8.53. The number of carboxylic acids is 1. The molecule has 0 aromatic carbocycles. The van der Waals surface area contributed by atoms with Crippen LogP contribution >= 0.6 is 0 Å². The summed E-state index contributed by atoms with van der Waals surface area (Å²) >= 11 is 0. The fraction of sp³-hybridized carbons (Fsp3) is 0.895. The van der Waals surface area contributed by atoms with Gasteiger partial charge in [-0.3, -0.25) is 0 Å². The Morgan fingerprint density at radius 3 is 2.61 bits per heavy atom. The third-order valence-electron chi connectivity index (χ3n) is 7.25. The van der Waals surface area contributed by atoms with Gasteiger partial charge in [0.2, 0.25) is 0 Å². The molecular formula is C19H30O4. The Bertz CT molecular complexity index is 474. The smallest absolute Gasteiger partial charge is 0.417 e. The van der Waals surface area contributed by atoms with Crippen LogP contribution in [0.1, 0.15) is 65.2 Å². The van der Waals surface area contributed by atoms with E-state index in [9.17, 15) is 9.59 Å². The molecule has 0 aromatic rings. The average Bonchev–Trinajstić information content (AvgIpc) is 2.51. The molecule has 4 heteroatoms. The van der Waals surface area contributed by atoms with Crippen LogP contribution < -0.4 is 0 Å². The summed E-state index contributed by atoms with van der Waals surface area (Å²) in [6, 6.07) is 0. The molecule has 0 aliphatic heterocycles. The van der Waals surface area contributed by atoms with E-state index in [1.165, 1.54) is 44.9 Å². The van der Waals surface area contributed by atoms with E-state index in [0.717, 1.165) is 24.2 Å². The van der Waals surface area contributed by atoms with Crippen molar-refractivity contribution in [2.75, 3.05) is 6.61 Å². The lowest BCUT2D eigenvalue weighted by molar-refractivity contribution is -0.167. The number of hydrogen-bond donors (Lipinski definition) is 1. The maximum absolute atomic E-state index is 11.3. The third-order valence-corrected chi connectivity index (χ3v) is 7.25. The Morgan fingerprint density at radius 2 is 1.87 bits per heavy atom. The fourth-order valence-electron chi connectivity index (χ4n) is 6.22. The van der Waals surface area contributed by atoms with E-state index in [1.54, 1.807) is 0 Å². The van der Waals surface area contributed by atoms with Gasteiger partial charge >= 0.3 is 11.9 Å². The van der Waals surface area contributed by atoms with E-state index >= 15 is 0 Å². The van der Waals surface area contributed by atoms with Gasteiger partial charge in [-0.25, -0.2) is 9.59 Å². The fourth-order valence-corrected chi connectivity index (χ4v) is 6.22. The molecule has 5 unspecified atom stereocenters. The van der Waals surface area contributed by atoms with Gasteiger partial charge in [0, 0.05) is 0 Å². The first-order valence-corrected chi connectivity index (χ1v) is 9.32. The van der Waals surface area contributed by atoms with Crippen molar-refractivity contribution in [3.8, 4) is 0 Å². The van der Waals surface area contributed by atoms with E-state index in [4.69, 9.17) is 9.84 Å². The lowest BCUT2D eigenvalue weighted by Crippen LogP contribution is -2.51. The predicted octanol–water partition coefficient (Wildman–Crippen LogP) is 3.88. The van der Waals surface area contributed by atoms with E-state index in [0.29, 0.717) is 23.9 Å². The van der Waals surface area contributed by atoms with Crippen LogP contribution in [0.25, 0.3) is 0 Å². The Labute approximate surface area is 139 Å². The molecule has 3 aliphatic carbocycles. The maximum atomic E-state index is 11.3. The van der Waals surface area contributed by atoms with E-state index in [1.807, 2.05) is 0 Å². The number of esters is 1. The van der Waals surface area contributed by atoms with Crippen LogP contribution in [0.4, 0.5) is 0 Å². The lowest BCUT2D eigenvalue weighted by Gasteiger charge is -2.58. The summed E-state index contributed by atoms with van der Waals surface area (Å²) in [6.45, 7) is 5.15. The molecule has 3 fully saturated rings. The highest BCUT2D eigenvalue weighted by atomic mass is 16.6. The molecule has 0 amide bonds. The highest BCUT2D eigenvalue weighted by molar-refractivity contribution is 6.28. The van der Waals surface area contributed by atoms with Crippen LogP contribution in [-0.4, -0.2) is 23.7 Å². The van der Waals surface area contributed by atoms with Crippen molar-refractivity contribution in [3.05, 3.63) is 0 Å². The Hall–Kier alpha value is -1.06. The van der Waals surface area contributed by atoms with Crippen molar-refractivity contribution in [1.82, 2.24) is 0 Å². The van der Waals surface area contributed by atoms with Crippen molar-refractivity contribution in [2.24, 2.45) is 35.0 Å². The van der Waals surface area contributed by atoms with Crippen molar-refractivity contribution in [3.63, 3.8) is 0 Å². The number of carboxylic acid groups (broad SMARTS) is 1. The lowest BCUT2D eigenvalue weighted by atomic mass is 9.47. The highest BCUT2D eigenvalue weighted by Crippen LogP contribution is 2.60. The van der Waals surface area contributed by atoms with Gasteiger partial charge in [0.25, 0.3) is 0 Å². The maximum Gasteiger partial charge on any atom is 0.417 e. The van der Waals surface area contributed by atoms with Gasteiger partial charge in [0.15, 0.2) is 0 Å². The molecule has 0 heterocycles. The first-order valence-electron chi connectivity index (χ1n) is 9.32. The molecule has 0 spiro atoms. The summed E-state index contributed by atoms with van der Waals surface area (Å²) in [7, 11) is 0. The van der Waals surface area contributed by atoms with Crippen molar-refractivity contribution < 1.29 is 19.4 Å². The van der Waals surface area contributed by atoms with Gasteiger partial charge in [0.05, 0.1) is 6.61 Å². The van der Waals surface area contributed by atoms with Gasteiger partial charge in [0.1, 0.15) is 0 Å². The van der Waals surface area contributed by atoms with Crippen molar-refractivity contribution in [2.45, 2.75) is 65.2 Å². The molecule has 0 bridgehead atoms. The Morgan fingerprint density at radius 1 is 1.13 bits per heavy atom. The SMILES string of the molecule is CC1CCC2C(CCC3C(COC(=O)C(=O)O)CCC[C@]32C)C1. The molecule has 1 N–H and O–H groups in total. The molecule has 3 saturated carbocycles. The molecular weight excluding hydrogens is 292 g/mol. The minimum atomic E-state index is -1.48. The first kappa shape index (κ1) is 16.8. The molecule has 23 heavy (non-hydrogen) atoms. The van der Waals surface area contributed by atoms with Crippen LogP contribution in [0.5, 0.6) is 0 Å². The molecule has 6 atom stereocenters. The summed E-state index contributed by atoms with van der Waals surface area (Å²) in [6.07, 6.45) is 10.1. The van der Waals surface area contributed by atoms with E-state index in [2.05, 4.69) is 13.8 Å². The van der Waals surface area contributed by atoms with Crippen LogP contribution in [0.2, 0.25) is 0 Å². The standard InChI is InChI=1S/C19H30O4/c1-12-5-7-15-13(10-12)6-8-16-14(4-3-9-19(15,16)2)11-23-18(22)17(20)21/h12-16H,3-11H2,1-2H3,(H,20,21)/t12?,13?,14?,15?,16?,19-/m0/s1. The van der Waals surface area contributed by atoms with Gasteiger partial charge in [-0.2, -0.15) is 0 Å². The highest BCUT2D eigenvalue weighted by Gasteiger charge is 2.53. The van der Waals surface area contributed by atoms with Crippen LogP contribution in [-0.2, 0) is 14.3 Å². The van der Waals surface area contributed by atoms with Crippen molar-refractivity contribution >= 4 is 11.9 Å². The largest absolute Gasteiger partial charge is 0.473 e. The summed E-state index contributed by atoms with van der Waals surface area (Å²) in [5.74, 6) is 0.916. The molecule has 4 nitrogen and oxygen atoms in total. The van der Waals surface area contributed by atoms with Crippen molar-refractivity contribution in [1.29, 1.82) is 0 Å². The summed E-state index contributed by atoms with van der Waals surface area (Å²) in [5, 5.41) is 8.70. The van der Waals surface area contributed by atoms with Crippen LogP contribution in [0.3, 0.4) is 0 Å². The minimum Gasteiger partial charge on any atom is -0.473 e. The Balaban J connectivity index is 1.70. The molecule has 0 radical (unpaired) electrons. The summed E-state index contributed by atoms with van der Waals surface area (Å²) in [4.78, 5) is 21.9. The van der Waals surface area contributed by atoms with Crippen LogP contribution in [0, 0.1) is 35.0 Å². The molecule has 130 valence electrons. The number of ether oxygens (including phenoxy) is 1. The molecule has 0 saturated heterocycles. The summed E-state index contributed by atoms with van der Waals surface area (Å²) < 4.78 is 5.05. The Kier molecular flexibility index (Phi) is 4.70. The predicted molar refractivity (Wildman–Crippen MR) is 86.8 cm³/mol. The normalized spacial score (nSPS) is 43.1. The zero-order valence-corrected chi connectivity index (χ0v) is 14.4. The quantitative estimate of drug-likeness (QED) is 0.619. The van der Waals surface area contributed by atoms with E-state index < -0.39 is 11.9 Å². The van der Waals surface area contributed by atoms with Gasteiger partial charge in [-0.1, -0.05) is 26.7 Å². The number of fused-ring (bicyclic) bond motifs is 3. The number of rotatable bonds is 2. The van der Waals surface area contributed by atoms with E-state index in [-0.39, 0.29) is 0 Å². The number of aliphatic carboxylic acids is 1. The van der Waals surface area contributed by atoms with Crippen LogP contribution in [0.15, 0.2) is 0 Å². The number of carbonyl (C=O) groups excluding carboxylic acids is 1. The zero-order valence-electron chi connectivity index (χ0n) is 14.4. The molecule has 3 aliphatic rings. The summed E-state index contributed by atoms with van der Waals surface area (Å²) in [5.41, 5.74) is 0.363. The molecule has 0 aromatic heterocycles. The molecule has 3 rings (SSSR count). The second kappa shape index (κ2) is 6.45. The minimum absolute atomic E-state index is 0.291. The monoisotopic (exact) mass is 322 g/mol. The number of hydrogen-bond acceptors (Lipinski definition) is 3. The van der Waals surface area contributed by atoms with Gasteiger partial charge in [-0.05, 0) is 73.5 Å². The second-order valence-corrected chi connectivity index (χ2v) is 8.53. The first-order chi connectivity index (χ1) is 10.9. The van der Waals surface area contributed by atoms with Gasteiger partial charge < -0.3 is 9.84 Å². The third kappa shape index (κ3) is 3.14. The number of carbonyl (C=O) groups is 2. The zero-order chi connectivity index (χ0) is 16.6. The topological polar surface area (TPSA) is 63.6 Å². The average molecular weight is 322 g/mol. The van der Waals surface area contributed by atoms with Gasteiger partial charge in [-0.15, -0.1) is 0 Å².